The van der Waals surface area contributed by atoms with Crippen LogP contribution in [-0.4, -0.2) is 35.2 Å². The van der Waals surface area contributed by atoms with Gasteiger partial charge in [0, 0.05) is 28.9 Å². The Hall–Kier alpha value is -4.46. The SMILES string of the molecule is CCOC(=O)CCNC(=O)c1ccc(N[C@H](c2ccc(-c3nnc(-c4ccccc4)o3)cc2)C(C)CC)cc1. The van der Waals surface area contributed by atoms with E-state index in [-0.39, 0.29) is 30.9 Å². The van der Waals surface area contributed by atoms with Crippen LogP contribution in [0, 0.1) is 5.92 Å². The lowest BCUT2D eigenvalue weighted by atomic mass is 9.91. The van der Waals surface area contributed by atoms with Crippen LogP contribution in [0.5, 0.6) is 0 Å². The predicted molar refractivity (Wildman–Crippen MR) is 151 cm³/mol. The highest BCUT2D eigenvalue weighted by Gasteiger charge is 2.19. The number of hydrogen-bond donors (Lipinski definition) is 2. The summed E-state index contributed by atoms with van der Waals surface area (Å²) >= 11 is 0. The molecule has 4 rings (SSSR count). The number of ether oxygens (including phenoxy) is 1. The lowest BCUT2D eigenvalue weighted by molar-refractivity contribution is -0.142. The molecule has 39 heavy (non-hydrogen) atoms. The van der Waals surface area contributed by atoms with Crippen molar-refractivity contribution in [3.8, 4) is 22.9 Å². The van der Waals surface area contributed by atoms with E-state index in [2.05, 4.69) is 46.8 Å². The number of benzene rings is 3. The van der Waals surface area contributed by atoms with Crippen molar-refractivity contribution in [2.45, 2.75) is 39.7 Å². The number of nitrogens with one attached hydrogen (secondary N) is 2. The summed E-state index contributed by atoms with van der Waals surface area (Å²) in [6.07, 6.45) is 1.14. The van der Waals surface area contributed by atoms with E-state index in [4.69, 9.17) is 9.15 Å². The van der Waals surface area contributed by atoms with Crippen LogP contribution in [0.3, 0.4) is 0 Å². The summed E-state index contributed by atoms with van der Waals surface area (Å²) in [4.78, 5) is 23.9. The molecule has 8 heteroatoms. The molecular weight excluding hydrogens is 492 g/mol. The minimum atomic E-state index is -0.324. The number of esters is 1. The van der Waals surface area contributed by atoms with Crippen molar-refractivity contribution in [2.24, 2.45) is 5.92 Å². The number of carbonyl (C=O) groups is 2. The Morgan fingerprint density at radius 2 is 1.51 bits per heavy atom. The maximum absolute atomic E-state index is 12.4. The second kappa shape index (κ2) is 13.4. The van der Waals surface area contributed by atoms with Gasteiger partial charge in [-0.2, -0.15) is 0 Å². The van der Waals surface area contributed by atoms with Gasteiger partial charge in [-0.15, -0.1) is 10.2 Å². The van der Waals surface area contributed by atoms with E-state index in [0.717, 1.165) is 28.8 Å². The molecule has 2 atom stereocenters. The van der Waals surface area contributed by atoms with Gasteiger partial charge in [-0.3, -0.25) is 9.59 Å². The number of nitrogens with zero attached hydrogens (tertiary/aromatic N) is 2. The zero-order valence-corrected chi connectivity index (χ0v) is 22.5. The molecule has 202 valence electrons. The average Bonchev–Trinajstić information content (AvgIpc) is 3.47. The van der Waals surface area contributed by atoms with Crippen molar-refractivity contribution in [1.82, 2.24) is 15.5 Å². The fraction of sp³-hybridized carbons (Fsp3) is 0.290. The molecule has 8 nitrogen and oxygen atoms in total. The Labute approximate surface area is 228 Å². The predicted octanol–water partition coefficient (Wildman–Crippen LogP) is 6.29. The molecule has 4 aromatic rings. The summed E-state index contributed by atoms with van der Waals surface area (Å²) in [6.45, 7) is 6.70. The molecule has 0 saturated heterocycles. The fourth-order valence-electron chi connectivity index (χ4n) is 4.17. The molecule has 1 heterocycles. The van der Waals surface area contributed by atoms with Crippen molar-refractivity contribution in [3.63, 3.8) is 0 Å². The molecule has 0 spiro atoms. The molecule has 1 aromatic heterocycles. The standard InChI is InChI=1S/C31H34N4O4/c1-4-21(3)28(33-26-17-15-23(16-18-26)29(37)32-20-19-27(36)38-5-2)22-11-13-25(14-12-22)31-35-34-30(39-31)24-9-7-6-8-10-24/h6-18,21,28,33H,4-5,19-20H2,1-3H3,(H,32,37)/t21?,28-/m0/s1. The maximum Gasteiger partial charge on any atom is 0.307 e. The lowest BCUT2D eigenvalue weighted by Crippen LogP contribution is -2.26. The number of amides is 1. The van der Waals surface area contributed by atoms with Crippen molar-refractivity contribution in [3.05, 3.63) is 90.0 Å². The number of anilines is 1. The molecule has 3 aromatic carbocycles. The third-order valence-corrected chi connectivity index (χ3v) is 6.56. The first-order chi connectivity index (χ1) is 19.0. The molecule has 0 bridgehead atoms. The largest absolute Gasteiger partial charge is 0.466 e. The molecule has 0 radical (unpaired) electrons. The van der Waals surface area contributed by atoms with E-state index in [0.29, 0.717) is 29.9 Å². The molecule has 0 fully saturated rings. The van der Waals surface area contributed by atoms with Crippen molar-refractivity contribution < 1.29 is 18.7 Å². The first-order valence-corrected chi connectivity index (χ1v) is 13.3. The average molecular weight is 527 g/mol. The van der Waals surface area contributed by atoms with Gasteiger partial charge in [0.1, 0.15) is 0 Å². The molecule has 2 N–H and O–H groups in total. The zero-order chi connectivity index (χ0) is 27.6. The normalized spacial score (nSPS) is 12.4. The minimum Gasteiger partial charge on any atom is -0.466 e. The molecule has 0 aliphatic carbocycles. The van der Waals surface area contributed by atoms with Crippen LogP contribution in [0.15, 0.2) is 83.3 Å². The topological polar surface area (TPSA) is 106 Å². The summed E-state index contributed by atoms with van der Waals surface area (Å²) < 4.78 is 10.8. The van der Waals surface area contributed by atoms with E-state index in [9.17, 15) is 9.59 Å². The minimum absolute atomic E-state index is 0.0656. The quantitative estimate of drug-likeness (QED) is 0.209. The first kappa shape index (κ1) is 27.6. The summed E-state index contributed by atoms with van der Waals surface area (Å²) in [6, 6.07) is 25.3. The van der Waals surface area contributed by atoms with Gasteiger partial charge in [0.15, 0.2) is 0 Å². The van der Waals surface area contributed by atoms with Gasteiger partial charge >= 0.3 is 5.97 Å². The summed E-state index contributed by atoms with van der Waals surface area (Å²) in [5, 5.41) is 14.8. The van der Waals surface area contributed by atoms with E-state index >= 15 is 0 Å². The monoisotopic (exact) mass is 526 g/mol. The van der Waals surface area contributed by atoms with Gasteiger partial charge in [-0.1, -0.05) is 50.6 Å². The van der Waals surface area contributed by atoms with Gasteiger partial charge in [-0.25, -0.2) is 0 Å². The van der Waals surface area contributed by atoms with Crippen LogP contribution in [0.1, 0.15) is 55.6 Å². The van der Waals surface area contributed by atoms with E-state index in [1.165, 1.54) is 0 Å². The van der Waals surface area contributed by atoms with Gasteiger partial charge in [0.25, 0.3) is 5.91 Å². The second-order valence-corrected chi connectivity index (χ2v) is 9.30. The molecule has 1 unspecified atom stereocenters. The molecule has 0 aliphatic rings. The van der Waals surface area contributed by atoms with Crippen LogP contribution in [0.2, 0.25) is 0 Å². The number of hydrogen-bond acceptors (Lipinski definition) is 7. The highest BCUT2D eigenvalue weighted by atomic mass is 16.5. The Bertz CT molecular complexity index is 1350. The fourth-order valence-corrected chi connectivity index (χ4v) is 4.17. The van der Waals surface area contributed by atoms with Crippen LogP contribution in [-0.2, 0) is 9.53 Å². The molecular formula is C31H34N4O4. The van der Waals surface area contributed by atoms with E-state index in [1.807, 2.05) is 54.6 Å². The van der Waals surface area contributed by atoms with Crippen LogP contribution in [0.4, 0.5) is 5.69 Å². The van der Waals surface area contributed by atoms with Crippen LogP contribution >= 0.6 is 0 Å². The number of rotatable bonds is 12. The van der Waals surface area contributed by atoms with Gasteiger partial charge in [0.2, 0.25) is 11.8 Å². The van der Waals surface area contributed by atoms with Crippen molar-refractivity contribution in [1.29, 1.82) is 0 Å². The Morgan fingerprint density at radius 1 is 0.872 bits per heavy atom. The van der Waals surface area contributed by atoms with Crippen LogP contribution < -0.4 is 10.6 Å². The summed E-state index contributed by atoms with van der Waals surface area (Å²) in [5.74, 6) is 0.774. The van der Waals surface area contributed by atoms with Crippen molar-refractivity contribution >= 4 is 17.6 Å². The van der Waals surface area contributed by atoms with Gasteiger partial charge < -0.3 is 19.8 Å². The zero-order valence-electron chi connectivity index (χ0n) is 22.5. The van der Waals surface area contributed by atoms with Gasteiger partial charge in [0.05, 0.1) is 19.1 Å². The smallest absolute Gasteiger partial charge is 0.307 e. The summed E-state index contributed by atoms with van der Waals surface area (Å²) in [7, 11) is 0. The van der Waals surface area contributed by atoms with Crippen LogP contribution in [0.25, 0.3) is 22.9 Å². The summed E-state index contributed by atoms with van der Waals surface area (Å²) in [5.41, 5.74) is 4.32. The molecule has 0 saturated carbocycles. The number of aromatic nitrogens is 2. The first-order valence-electron chi connectivity index (χ1n) is 13.3. The lowest BCUT2D eigenvalue weighted by Gasteiger charge is -2.26. The Kier molecular flexibility index (Phi) is 9.45. The molecule has 1 amide bonds. The third-order valence-electron chi connectivity index (χ3n) is 6.56. The number of carbonyl (C=O) groups excluding carboxylic acids is 2. The van der Waals surface area contributed by atoms with E-state index < -0.39 is 0 Å². The van der Waals surface area contributed by atoms with E-state index in [1.54, 1.807) is 19.1 Å². The highest BCUT2D eigenvalue weighted by molar-refractivity contribution is 5.94. The van der Waals surface area contributed by atoms with Gasteiger partial charge in [-0.05, 0) is 66.9 Å². The second-order valence-electron chi connectivity index (χ2n) is 9.30. The Balaban J connectivity index is 1.41. The Morgan fingerprint density at radius 3 is 2.13 bits per heavy atom. The third kappa shape index (κ3) is 7.31. The maximum atomic E-state index is 12.4. The highest BCUT2D eigenvalue weighted by Crippen LogP contribution is 2.31. The van der Waals surface area contributed by atoms with Crippen molar-refractivity contribution in [2.75, 3.05) is 18.5 Å². The molecule has 0 aliphatic heterocycles.